The Labute approximate surface area is 178 Å². The highest BCUT2D eigenvalue weighted by Crippen LogP contribution is 2.27. The molecule has 1 unspecified atom stereocenters. The van der Waals surface area contributed by atoms with Gasteiger partial charge in [0.25, 0.3) is 0 Å². The molecular weight excluding hydrogens is 376 g/mol. The number of rotatable bonds is 5. The summed E-state index contributed by atoms with van der Waals surface area (Å²) in [5, 5.41) is 0. The van der Waals surface area contributed by atoms with Gasteiger partial charge in [-0.15, -0.1) is 0 Å². The molecule has 1 atom stereocenters. The Bertz CT molecular complexity index is 858. The first-order chi connectivity index (χ1) is 14.6. The Morgan fingerprint density at radius 1 is 0.867 bits per heavy atom. The summed E-state index contributed by atoms with van der Waals surface area (Å²) in [6.07, 6.45) is 4.01. The molecule has 4 rings (SSSR count). The molecule has 5 heteroatoms. The van der Waals surface area contributed by atoms with Crippen LogP contribution in [-0.4, -0.2) is 53.7 Å². The fourth-order valence-electron chi connectivity index (χ4n) is 4.65. The molecule has 2 fully saturated rings. The molecular formula is C25H30N2O3. The number of likely N-dealkylation sites (tertiary alicyclic amines) is 2. The van der Waals surface area contributed by atoms with Crippen LogP contribution in [0.15, 0.2) is 54.6 Å². The lowest BCUT2D eigenvalue weighted by molar-refractivity contribution is -0.130. The molecule has 0 bridgehead atoms. The Morgan fingerprint density at radius 2 is 1.53 bits per heavy atom. The van der Waals surface area contributed by atoms with Gasteiger partial charge in [-0.2, -0.15) is 0 Å². The van der Waals surface area contributed by atoms with Crippen molar-refractivity contribution in [3.8, 4) is 11.5 Å². The van der Waals surface area contributed by atoms with E-state index in [2.05, 4.69) is 4.90 Å². The van der Waals surface area contributed by atoms with E-state index in [9.17, 15) is 9.59 Å². The SMILES string of the molecule is CC(=O)N1CCC(N2CCCC(C(=O)c3ccc(Oc4ccccc4)cc3)C2)CC1. The third kappa shape index (κ3) is 4.90. The number of carbonyl (C=O) groups is 2. The minimum Gasteiger partial charge on any atom is -0.457 e. The zero-order chi connectivity index (χ0) is 20.9. The van der Waals surface area contributed by atoms with Crippen molar-refractivity contribution in [2.24, 2.45) is 5.92 Å². The van der Waals surface area contributed by atoms with Crippen LogP contribution in [-0.2, 0) is 4.79 Å². The zero-order valence-electron chi connectivity index (χ0n) is 17.6. The molecule has 0 aromatic heterocycles. The van der Waals surface area contributed by atoms with E-state index in [0.29, 0.717) is 6.04 Å². The highest BCUT2D eigenvalue weighted by atomic mass is 16.5. The van der Waals surface area contributed by atoms with Crippen molar-refractivity contribution in [1.29, 1.82) is 0 Å². The maximum absolute atomic E-state index is 13.1. The van der Waals surface area contributed by atoms with Crippen molar-refractivity contribution in [2.45, 2.75) is 38.6 Å². The van der Waals surface area contributed by atoms with Crippen molar-refractivity contribution in [2.75, 3.05) is 26.2 Å². The summed E-state index contributed by atoms with van der Waals surface area (Å²) in [5.74, 6) is 1.97. The summed E-state index contributed by atoms with van der Waals surface area (Å²) in [6, 6.07) is 17.6. The summed E-state index contributed by atoms with van der Waals surface area (Å²) in [7, 11) is 0. The molecule has 2 aromatic rings. The van der Waals surface area contributed by atoms with Crippen LogP contribution >= 0.6 is 0 Å². The second-order valence-corrected chi connectivity index (χ2v) is 8.38. The van der Waals surface area contributed by atoms with Gasteiger partial charge in [0, 0.05) is 44.1 Å². The lowest BCUT2D eigenvalue weighted by atomic mass is 9.88. The number of ketones is 1. The van der Waals surface area contributed by atoms with Crippen molar-refractivity contribution in [1.82, 2.24) is 9.80 Å². The molecule has 0 aliphatic carbocycles. The van der Waals surface area contributed by atoms with E-state index in [4.69, 9.17) is 4.74 Å². The first-order valence-corrected chi connectivity index (χ1v) is 11.0. The predicted molar refractivity (Wildman–Crippen MR) is 117 cm³/mol. The number of ether oxygens (including phenoxy) is 1. The molecule has 0 radical (unpaired) electrons. The van der Waals surface area contributed by atoms with Gasteiger partial charge in [-0.1, -0.05) is 18.2 Å². The summed E-state index contributed by atoms with van der Waals surface area (Å²) in [6.45, 7) is 5.19. The lowest BCUT2D eigenvalue weighted by Crippen LogP contribution is -2.50. The largest absolute Gasteiger partial charge is 0.457 e. The Hall–Kier alpha value is -2.66. The average molecular weight is 407 g/mol. The monoisotopic (exact) mass is 406 g/mol. The number of benzene rings is 2. The van der Waals surface area contributed by atoms with E-state index in [0.717, 1.165) is 68.9 Å². The van der Waals surface area contributed by atoms with Crippen molar-refractivity contribution < 1.29 is 14.3 Å². The van der Waals surface area contributed by atoms with E-state index in [1.165, 1.54) is 0 Å². The smallest absolute Gasteiger partial charge is 0.219 e. The van der Waals surface area contributed by atoms with E-state index < -0.39 is 0 Å². The molecule has 2 aliphatic heterocycles. The first-order valence-electron chi connectivity index (χ1n) is 11.0. The van der Waals surface area contributed by atoms with Crippen LogP contribution in [0.4, 0.5) is 0 Å². The fourth-order valence-corrected chi connectivity index (χ4v) is 4.65. The number of nitrogens with zero attached hydrogens (tertiary/aromatic N) is 2. The molecule has 2 aliphatic rings. The lowest BCUT2D eigenvalue weighted by Gasteiger charge is -2.41. The summed E-state index contributed by atoms with van der Waals surface area (Å²) in [5.41, 5.74) is 0.758. The number of hydrogen-bond acceptors (Lipinski definition) is 4. The van der Waals surface area contributed by atoms with Crippen LogP contribution in [0.2, 0.25) is 0 Å². The van der Waals surface area contributed by atoms with Crippen LogP contribution in [0.25, 0.3) is 0 Å². The van der Waals surface area contributed by atoms with Crippen molar-refractivity contribution in [3.05, 3.63) is 60.2 Å². The van der Waals surface area contributed by atoms with Crippen LogP contribution in [0.5, 0.6) is 11.5 Å². The van der Waals surface area contributed by atoms with Gasteiger partial charge in [0.15, 0.2) is 5.78 Å². The van der Waals surface area contributed by atoms with E-state index in [-0.39, 0.29) is 17.6 Å². The number of hydrogen-bond donors (Lipinski definition) is 0. The topological polar surface area (TPSA) is 49.9 Å². The van der Waals surface area contributed by atoms with Gasteiger partial charge >= 0.3 is 0 Å². The normalized spacial score (nSPS) is 20.7. The molecule has 2 heterocycles. The fraction of sp³-hybridized carbons (Fsp3) is 0.440. The van der Waals surface area contributed by atoms with Crippen LogP contribution in [0.1, 0.15) is 43.0 Å². The molecule has 30 heavy (non-hydrogen) atoms. The maximum atomic E-state index is 13.1. The Kier molecular flexibility index (Phi) is 6.48. The third-order valence-corrected chi connectivity index (χ3v) is 6.37. The summed E-state index contributed by atoms with van der Waals surface area (Å²) in [4.78, 5) is 29.1. The molecule has 0 spiro atoms. The molecule has 1 amide bonds. The van der Waals surface area contributed by atoms with Crippen LogP contribution in [0.3, 0.4) is 0 Å². The predicted octanol–water partition coefficient (Wildman–Crippen LogP) is 4.38. The molecule has 0 N–H and O–H groups in total. The first kappa shape index (κ1) is 20.6. The van der Waals surface area contributed by atoms with Gasteiger partial charge in [0.05, 0.1) is 0 Å². The van der Waals surface area contributed by atoms with Gasteiger partial charge < -0.3 is 9.64 Å². The molecule has 158 valence electrons. The van der Waals surface area contributed by atoms with Crippen LogP contribution in [0, 0.1) is 5.92 Å². The van der Waals surface area contributed by atoms with Crippen molar-refractivity contribution in [3.63, 3.8) is 0 Å². The highest BCUT2D eigenvalue weighted by Gasteiger charge is 2.32. The second-order valence-electron chi connectivity index (χ2n) is 8.38. The average Bonchev–Trinajstić information content (AvgIpc) is 2.80. The molecule has 0 saturated carbocycles. The van der Waals surface area contributed by atoms with E-state index in [1.54, 1.807) is 6.92 Å². The summed E-state index contributed by atoms with van der Waals surface area (Å²) < 4.78 is 5.83. The minimum absolute atomic E-state index is 0.0467. The standard InChI is InChI=1S/C25H30N2O3/c1-19(28)26-16-13-22(14-17-26)27-15-5-6-21(18-27)25(29)20-9-11-24(12-10-20)30-23-7-3-2-4-8-23/h2-4,7-12,21-22H,5-6,13-18H2,1H3. The Morgan fingerprint density at radius 3 is 2.20 bits per heavy atom. The molecule has 5 nitrogen and oxygen atoms in total. The molecule has 2 saturated heterocycles. The number of Topliss-reactive ketones (excluding diaryl/α,β-unsaturated/α-hetero) is 1. The van der Waals surface area contributed by atoms with E-state index in [1.807, 2.05) is 59.5 Å². The maximum Gasteiger partial charge on any atom is 0.219 e. The van der Waals surface area contributed by atoms with Gasteiger partial charge in [-0.3, -0.25) is 14.5 Å². The van der Waals surface area contributed by atoms with Gasteiger partial charge in [0.1, 0.15) is 11.5 Å². The number of para-hydroxylation sites is 1. The third-order valence-electron chi connectivity index (χ3n) is 6.37. The van der Waals surface area contributed by atoms with E-state index >= 15 is 0 Å². The highest BCUT2D eigenvalue weighted by molar-refractivity contribution is 5.98. The summed E-state index contributed by atoms with van der Waals surface area (Å²) >= 11 is 0. The Balaban J connectivity index is 1.34. The van der Waals surface area contributed by atoms with Crippen molar-refractivity contribution >= 4 is 11.7 Å². The number of piperidine rings is 2. The molecule has 2 aromatic carbocycles. The van der Waals surface area contributed by atoms with Gasteiger partial charge in [0.2, 0.25) is 5.91 Å². The quantitative estimate of drug-likeness (QED) is 0.692. The van der Waals surface area contributed by atoms with Crippen LogP contribution < -0.4 is 4.74 Å². The number of carbonyl (C=O) groups excluding carboxylic acids is 2. The second kappa shape index (κ2) is 9.43. The number of amides is 1. The van der Waals surface area contributed by atoms with Gasteiger partial charge in [-0.25, -0.2) is 0 Å². The van der Waals surface area contributed by atoms with Gasteiger partial charge in [-0.05, 0) is 68.6 Å². The minimum atomic E-state index is 0.0467. The zero-order valence-corrected chi connectivity index (χ0v) is 17.6.